The predicted octanol–water partition coefficient (Wildman–Crippen LogP) is 3.69. The molecular weight excluding hydrogens is 360 g/mol. The molecule has 0 aliphatic rings. The number of anilines is 1. The van der Waals surface area contributed by atoms with E-state index in [-0.39, 0.29) is 29.7 Å². The van der Waals surface area contributed by atoms with Crippen molar-refractivity contribution in [1.82, 2.24) is 4.90 Å². The van der Waals surface area contributed by atoms with Crippen LogP contribution in [-0.4, -0.2) is 36.1 Å². The van der Waals surface area contributed by atoms with Crippen LogP contribution in [0, 0.1) is 0 Å². The molecule has 0 aliphatic carbocycles. The first kappa shape index (κ1) is 18.5. The van der Waals surface area contributed by atoms with Crippen molar-refractivity contribution < 1.29 is 14.4 Å². The van der Waals surface area contributed by atoms with Gasteiger partial charge in [0.2, 0.25) is 11.7 Å². The van der Waals surface area contributed by atoms with Gasteiger partial charge in [0.15, 0.2) is 0 Å². The second kappa shape index (κ2) is 8.42. The molecular formula is C21H18N2O3S. The molecule has 2 aromatic carbocycles. The molecule has 0 aliphatic heterocycles. The average molecular weight is 378 g/mol. The molecule has 0 radical (unpaired) electrons. The van der Waals surface area contributed by atoms with Crippen LogP contribution in [-0.2, 0) is 4.79 Å². The molecule has 0 spiro atoms. The third kappa shape index (κ3) is 4.48. The van der Waals surface area contributed by atoms with Gasteiger partial charge >= 0.3 is 0 Å². The standard InChI is InChI=1S/C21H18N2O3S/c1-23(14-19(24)22-15-8-3-2-4-9-15)21(26)17-11-6-5-10-16(17)20(25)18-12-7-13-27-18/h2-13H,14H2,1H3,(H,22,24). The van der Waals surface area contributed by atoms with Crippen molar-refractivity contribution in [3.05, 3.63) is 88.1 Å². The van der Waals surface area contributed by atoms with Gasteiger partial charge in [0.05, 0.1) is 17.0 Å². The van der Waals surface area contributed by atoms with Gasteiger partial charge in [-0.15, -0.1) is 11.3 Å². The van der Waals surface area contributed by atoms with Crippen molar-refractivity contribution in [3.63, 3.8) is 0 Å². The zero-order valence-corrected chi connectivity index (χ0v) is 15.5. The van der Waals surface area contributed by atoms with Gasteiger partial charge in [0, 0.05) is 18.3 Å². The smallest absolute Gasteiger partial charge is 0.254 e. The quantitative estimate of drug-likeness (QED) is 0.665. The van der Waals surface area contributed by atoms with Gasteiger partial charge in [-0.3, -0.25) is 14.4 Å². The highest BCUT2D eigenvalue weighted by molar-refractivity contribution is 7.12. The number of nitrogens with zero attached hydrogens (tertiary/aromatic N) is 1. The lowest BCUT2D eigenvalue weighted by molar-refractivity contribution is -0.116. The van der Waals surface area contributed by atoms with Crippen molar-refractivity contribution in [3.8, 4) is 0 Å². The van der Waals surface area contributed by atoms with Crippen molar-refractivity contribution in [2.75, 3.05) is 18.9 Å². The maximum Gasteiger partial charge on any atom is 0.254 e. The van der Waals surface area contributed by atoms with E-state index in [2.05, 4.69) is 5.32 Å². The number of rotatable bonds is 6. The predicted molar refractivity (Wildman–Crippen MR) is 106 cm³/mol. The summed E-state index contributed by atoms with van der Waals surface area (Å²) < 4.78 is 0. The van der Waals surface area contributed by atoms with Crippen LogP contribution < -0.4 is 5.32 Å². The van der Waals surface area contributed by atoms with Gasteiger partial charge in [0.1, 0.15) is 0 Å². The van der Waals surface area contributed by atoms with Crippen LogP contribution >= 0.6 is 11.3 Å². The van der Waals surface area contributed by atoms with E-state index in [9.17, 15) is 14.4 Å². The summed E-state index contributed by atoms with van der Waals surface area (Å²) in [5.74, 6) is -0.881. The average Bonchev–Trinajstić information content (AvgIpc) is 3.22. The number of thiophene rings is 1. The van der Waals surface area contributed by atoms with Crippen LogP contribution in [0.25, 0.3) is 0 Å². The highest BCUT2D eigenvalue weighted by atomic mass is 32.1. The van der Waals surface area contributed by atoms with Crippen LogP contribution in [0.5, 0.6) is 0 Å². The summed E-state index contributed by atoms with van der Waals surface area (Å²) in [6.07, 6.45) is 0. The van der Waals surface area contributed by atoms with E-state index in [0.29, 0.717) is 16.1 Å². The Labute approximate surface area is 161 Å². The molecule has 6 heteroatoms. The summed E-state index contributed by atoms with van der Waals surface area (Å²) in [5.41, 5.74) is 1.28. The third-order valence-corrected chi connectivity index (χ3v) is 4.80. The molecule has 1 heterocycles. The van der Waals surface area contributed by atoms with Crippen molar-refractivity contribution in [2.24, 2.45) is 0 Å². The van der Waals surface area contributed by atoms with Gasteiger partial charge < -0.3 is 10.2 Å². The summed E-state index contributed by atoms with van der Waals surface area (Å²) in [7, 11) is 1.54. The number of nitrogens with one attached hydrogen (secondary N) is 1. The molecule has 2 amide bonds. The Morgan fingerprint density at radius 2 is 1.56 bits per heavy atom. The topological polar surface area (TPSA) is 66.5 Å². The molecule has 136 valence electrons. The lowest BCUT2D eigenvalue weighted by atomic mass is 10.0. The second-order valence-electron chi connectivity index (χ2n) is 5.93. The van der Waals surface area contributed by atoms with Crippen LogP contribution in [0.15, 0.2) is 72.1 Å². The summed E-state index contributed by atoms with van der Waals surface area (Å²) in [5, 5.41) is 4.56. The molecule has 27 heavy (non-hydrogen) atoms. The molecule has 0 saturated heterocycles. The van der Waals surface area contributed by atoms with Gasteiger partial charge in [0.25, 0.3) is 5.91 Å². The fourth-order valence-electron chi connectivity index (χ4n) is 2.62. The summed E-state index contributed by atoms with van der Waals surface area (Å²) in [6.45, 7) is -0.116. The lowest BCUT2D eigenvalue weighted by Crippen LogP contribution is -2.35. The number of hydrogen-bond acceptors (Lipinski definition) is 4. The van der Waals surface area contributed by atoms with E-state index in [4.69, 9.17) is 0 Å². The SMILES string of the molecule is CN(CC(=O)Nc1ccccc1)C(=O)c1ccccc1C(=O)c1cccs1. The minimum Gasteiger partial charge on any atom is -0.332 e. The Balaban J connectivity index is 1.74. The Bertz CT molecular complexity index is 953. The second-order valence-corrected chi connectivity index (χ2v) is 6.88. The maximum atomic E-state index is 12.8. The van der Waals surface area contributed by atoms with Crippen molar-refractivity contribution in [1.29, 1.82) is 0 Å². The minimum absolute atomic E-state index is 0.116. The first-order valence-corrected chi connectivity index (χ1v) is 9.22. The van der Waals surface area contributed by atoms with Crippen LogP contribution in [0.4, 0.5) is 5.69 Å². The molecule has 0 saturated carbocycles. The summed E-state index contributed by atoms with van der Waals surface area (Å²) in [6, 6.07) is 19.2. The first-order valence-electron chi connectivity index (χ1n) is 8.34. The number of benzene rings is 2. The number of hydrogen-bond donors (Lipinski definition) is 1. The van der Waals surface area contributed by atoms with Crippen LogP contribution in [0.2, 0.25) is 0 Å². The number of carbonyl (C=O) groups excluding carboxylic acids is 3. The molecule has 0 atom stereocenters. The highest BCUT2D eigenvalue weighted by Gasteiger charge is 2.22. The molecule has 0 fully saturated rings. The summed E-state index contributed by atoms with van der Waals surface area (Å²) >= 11 is 1.33. The number of carbonyl (C=O) groups is 3. The van der Waals surface area contributed by atoms with E-state index >= 15 is 0 Å². The Morgan fingerprint density at radius 1 is 0.889 bits per heavy atom. The largest absolute Gasteiger partial charge is 0.332 e. The van der Waals surface area contributed by atoms with E-state index in [1.54, 1.807) is 55.6 Å². The maximum absolute atomic E-state index is 12.8. The molecule has 5 nitrogen and oxygen atoms in total. The molecule has 1 N–H and O–H groups in total. The zero-order valence-electron chi connectivity index (χ0n) is 14.7. The lowest BCUT2D eigenvalue weighted by Gasteiger charge is -2.18. The zero-order chi connectivity index (χ0) is 19.2. The van der Waals surface area contributed by atoms with E-state index < -0.39 is 0 Å². The normalized spacial score (nSPS) is 10.3. The Morgan fingerprint density at radius 3 is 2.22 bits per heavy atom. The van der Waals surface area contributed by atoms with E-state index in [0.717, 1.165) is 0 Å². The van der Waals surface area contributed by atoms with Gasteiger partial charge in [-0.25, -0.2) is 0 Å². The fourth-order valence-corrected chi connectivity index (χ4v) is 3.30. The molecule has 0 unspecified atom stereocenters. The van der Waals surface area contributed by atoms with E-state index in [1.807, 2.05) is 23.6 Å². The van der Waals surface area contributed by atoms with Gasteiger partial charge in [-0.1, -0.05) is 42.5 Å². The number of para-hydroxylation sites is 1. The van der Waals surface area contributed by atoms with Crippen molar-refractivity contribution >= 4 is 34.6 Å². The number of ketones is 1. The van der Waals surface area contributed by atoms with Crippen LogP contribution in [0.3, 0.4) is 0 Å². The van der Waals surface area contributed by atoms with E-state index in [1.165, 1.54) is 16.2 Å². The molecule has 0 bridgehead atoms. The Hall–Kier alpha value is -3.25. The van der Waals surface area contributed by atoms with Gasteiger partial charge in [-0.2, -0.15) is 0 Å². The molecule has 3 rings (SSSR count). The minimum atomic E-state index is -0.376. The molecule has 3 aromatic rings. The highest BCUT2D eigenvalue weighted by Crippen LogP contribution is 2.19. The summed E-state index contributed by atoms with van der Waals surface area (Å²) in [4.78, 5) is 39.6. The molecule has 1 aromatic heterocycles. The third-order valence-electron chi connectivity index (χ3n) is 3.93. The first-order chi connectivity index (χ1) is 13.1. The fraction of sp³-hybridized carbons (Fsp3) is 0.0952. The monoisotopic (exact) mass is 378 g/mol. The van der Waals surface area contributed by atoms with Crippen molar-refractivity contribution in [2.45, 2.75) is 0 Å². The Kier molecular flexibility index (Phi) is 5.78. The van der Waals surface area contributed by atoms with Crippen LogP contribution in [0.1, 0.15) is 25.6 Å². The number of likely N-dealkylation sites (N-methyl/N-ethyl adjacent to an activating group) is 1. The van der Waals surface area contributed by atoms with Gasteiger partial charge in [-0.05, 0) is 29.6 Å². The number of amides is 2.